The van der Waals surface area contributed by atoms with Gasteiger partial charge in [-0.3, -0.25) is 14.4 Å². The fourth-order valence-electron chi connectivity index (χ4n) is 2.41. The minimum absolute atomic E-state index is 0.0845. The molecule has 0 aliphatic rings. The Balaban J connectivity index is 5.02. The highest BCUT2D eigenvalue weighted by Crippen LogP contribution is 2.08. The van der Waals surface area contributed by atoms with Gasteiger partial charge in [0.05, 0.1) is 6.04 Å². The smallest absolute Gasteiger partial charge is 0.326 e. The van der Waals surface area contributed by atoms with Crippen molar-refractivity contribution in [3.63, 3.8) is 0 Å². The number of aliphatic carboxylic acids is 1. The van der Waals surface area contributed by atoms with Crippen molar-refractivity contribution in [3.8, 4) is 0 Å². The van der Waals surface area contributed by atoms with Gasteiger partial charge in [0.1, 0.15) is 12.1 Å². The zero-order chi connectivity index (χ0) is 20.4. The number of carbonyl (C=O) groups excluding carboxylic acids is 3. The van der Waals surface area contributed by atoms with Crippen LogP contribution in [0.15, 0.2) is 0 Å². The fraction of sp³-hybridized carbons (Fsp3) is 0.765. The molecule has 3 amide bonds. The summed E-state index contributed by atoms with van der Waals surface area (Å²) in [7, 11) is 0. The van der Waals surface area contributed by atoms with Gasteiger partial charge in [-0.15, -0.1) is 0 Å². The third-order valence-electron chi connectivity index (χ3n) is 3.70. The Kier molecular flexibility index (Phi) is 10.5. The van der Waals surface area contributed by atoms with Gasteiger partial charge >= 0.3 is 5.97 Å². The summed E-state index contributed by atoms with van der Waals surface area (Å²) in [6.07, 6.45) is 0.510. The number of rotatable bonds is 12. The third-order valence-corrected chi connectivity index (χ3v) is 3.70. The first-order valence-corrected chi connectivity index (χ1v) is 8.81. The number of carboxylic acid groups (broad SMARTS) is 1. The molecule has 26 heavy (non-hydrogen) atoms. The number of carboxylic acids is 1. The van der Waals surface area contributed by atoms with Crippen LogP contribution in [-0.2, 0) is 19.2 Å². The highest BCUT2D eigenvalue weighted by Gasteiger charge is 2.28. The number of primary amides is 1. The van der Waals surface area contributed by atoms with E-state index in [1.54, 1.807) is 0 Å². The Morgan fingerprint density at radius 2 is 1.38 bits per heavy atom. The SMILES string of the molecule is CC(C)CC(N)C(=O)NC(CC(C)C)C(=O)NC(CCC(N)=O)C(=O)O. The molecule has 7 N–H and O–H groups in total. The number of hydrogen-bond donors (Lipinski definition) is 5. The summed E-state index contributed by atoms with van der Waals surface area (Å²) >= 11 is 0. The third kappa shape index (κ3) is 9.97. The maximum atomic E-state index is 12.5. The van der Waals surface area contributed by atoms with Gasteiger partial charge in [-0.25, -0.2) is 4.79 Å². The van der Waals surface area contributed by atoms with Gasteiger partial charge in [0.15, 0.2) is 0 Å². The Hall–Kier alpha value is -2.16. The molecule has 0 aromatic heterocycles. The van der Waals surface area contributed by atoms with Gasteiger partial charge in [0.25, 0.3) is 0 Å². The van der Waals surface area contributed by atoms with E-state index in [4.69, 9.17) is 11.5 Å². The van der Waals surface area contributed by atoms with Crippen LogP contribution in [0.1, 0.15) is 53.4 Å². The molecule has 0 saturated heterocycles. The molecule has 0 aromatic rings. The summed E-state index contributed by atoms with van der Waals surface area (Å²) in [6, 6.07) is -2.91. The van der Waals surface area contributed by atoms with Crippen molar-refractivity contribution in [2.45, 2.75) is 71.5 Å². The quantitative estimate of drug-likeness (QED) is 0.316. The lowest BCUT2D eigenvalue weighted by Gasteiger charge is -2.24. The molecule has 9 heteroatoms. The molecule has 0 radical (unpaired) electrons. The lowest BCUT2D eigenvalue weighted by atomic mass is 10.00. The molecule has 0 rings (SSSR count). The number of nitrogens with two attached hydrogens (primary N) is 2. The molecular weight excluding hydrogens is 340 g/mol. The van der Waals surface area contributed by atoms with Crippen molar-refractivity contribution < 1.29 is 24.3 Å². The van der Waals surface area contributed by atoms with Crippen molar-refractivity contribution in [1.82, 2.24) is 10.6 Å². The summed E-state index contributed by atoms with van der Waals surface area (Å²) in [4.78, 5) is 46.8. The van der Waals surface area contributed by atoms with Crippen LogP contribution < -0.4 is 22.1 Å². The van der Waals surface area contributed by atoms with Gasteiger partial charge in [-0.1, -0.05) is 27.7 Å². The largest absolute Gasteiger partial charge is 0.480 e. The van der Waals surface area contributed by atoms with Crippen LogP contribution in [-0.4, -0.2) is 46.9 Å². The lowest BCUT2D eigenvalue weighted by Crippen LogP contribution is -2.55. The number of carbonyl (C=O) groups is 4. The molecule has 150 valence electrons. The minimum Gasteiger partial charge on any atom is -0.480 e. The Labute approximate surface area is 154 Å². The Morgan fingerprint density at radius 3 is 1.81 bits per heavy atom. The van der Waals surface area contributed by atoms with Crippen LogP contribution in [0.4, 0.5) is 0 Å². The van der Waals surface area contributed by atoms with E-state index in [0.29, 0.717) is 12.8 Å². The first kappa shape index (κ1) is 23.8. The van der Waals surface area contributed by atoms with Crippen molar-refractivity contribution in [1.29, 1.82) is 0 Å². The molecule has 0 aromatic carbocycles. The van der Waals surface area contributed by atoms with E-state index in [9.17, 15) is 24.3 Å². The van der Waals surface area contributed by atoms with Gasteiger partial charge in [0, 0.05) is 6.42 Å². The number of nitrogens with one attached hydrogen (secondary N) is 2. The Morgan fingerprint density at radius 1 is 0.885 bits per heavy atom. The first-order valence-electron chi connectivity index (χ1n) is 8.81. The lowest BCUT2D eigenvalue weighted by molar-refractivity contribution is -0.142. The minimum atomic E-state index is -1.27. The molecule has 0 aliphatic heterocycles. The van der Waals surface area contributed by atoms with Crippen LogP contribution in [0, 0.1) is 11.8 Å². The van der Waals surface area contributed by atoms with Crippen molar-refractivity contribution in [2.24, 2.45) is 23.3 Å². The standard InChI is InChI=1S/C17H32N4O5/c1-9(2)7-11(18)15(23)21-13(8-10(3)4)16(24)20-12(17(25)26)5-6-14(19)22/h9-13H,5-8,18H2,1-4H3,(H2,19,22)(H,20,24)(H,21,23)(H,25,26). The van der Waals surface area contributed by atoms with Crippen LogP contribution in [0.2, 0.25) is 0 Å². The van der Waals surface area contributed by atoms with E-state index in [-0.39, 0.29) is 24.7 Å². The second-order valence-electron chi connectivity index (χ2n) is 7.33. The van der Waals surface area contributed by atoms with Gasteiger partial charge in [0.2, 0.25) is 17.7 Å². The van der Waals surface area contributed by atoms with Gasteiger partial charge < -0.3 is 27.2 Å². The average molecular weight is 372 g/mol. The van der Waals surface area contributed by atoms with E-state index in [1.165, 1.54) is 0 Å². The van der Waals surface area contributed by atoms with Crippen LogP contribution in [0.25, 0.3) is 0 Å². The number of amides is 3. The molecule has 0 bridgehead atoms. The maximum absolute atomic E-state index is 12.5. The molecule has 3 atom stereocenters. The van der Waals surface area contributed by atoms with Crippen LogP contribution >= 0.6 is 0 Å². The van der Waals surface area contributed by atoms with E-state index in [0.717, 1.165) is 0 Å². The monoisotopic (exact) mass is 372 g/mol. The molecule has 9 nitrogen and oxygen atoms in total. The normalized spacial score (nSPS) is 14.6. The zero-order valence-electron chi connectivity index (χ0n) is 16.0. The molecule has 0 aliphatic carbocycles. The average Bonchev–Trinajstić information content (AvgIpc) is 2.48. The van der Waals surface area contributed by atoms with Crippen molar-refractivity contribution in [2.75, 3.05) is 0 Å². The summed E-state index contributed by atoms with van der Waals surface area (Å²) in [5.74, 6) is -2.70. The van der Waals surface area contributed by atoms with Crippen LogP contribution in [0.5, 0.6) is 0 Å². The molecule has 0 saturated carbocycles. The molecule has 0 spiro atoms. The summed E-state index contributed by atoms with van der Waals surface area (Å²) in [6.45, 7) is 7.62. The van der Waals surface area contributed by atoms with Crippen LogP contribution in [0.3, 0.4) is 0 Å². The zero-order valence-corrected chi connectivity index (χ0v) is 16.0. The number of hydrogen-bond acceptors (Lipinski definition) is 5. The maximum Gasteiger partial charge on any atom is 0.326 e. The van der Waals surface area contributed by atoms with E-state index >= 15 is 0 Å². The predicted octanol–water partition coefficient (Wildman–Crippen LogP) is -0.274. The summed E-state index contributed by atoms with van der Waals surface area (Å²) in [5.41, 5.74) is 10.9. The molecule has 0 fully saturated rings. The second kappa shape index (κ2) is 11.5. The molecule has 0 heterocycles. The van der Waals surface area contributed by atoms with E-state index in [1.807, 2.05) is 27.7 Å². The summed E-state index contributed by atoms with van der Waals surface area (Å²) < 4.78 is 0. The highest BCUT2D eigenvalue weighted by atomic mass is 16.4. The molecule has 3 unspecified atom stereocenters. The summed E-state index contributed by atoms with van der Waals surface area (Å²) in [5, 5.41) is 14.2. The Bertz CT molecular complexity index is 507. The first-order chi connectivity index (χ1) is 11.9. The predicted molar refractivity (Wildman–Crippen MR) is 96.8 cm³/mol. The van der Waals surface area contributed by atoms with Crippen molar-refractivity contribution in [3.05, 3.63) is 0 Å². The second-order valence-corrected chi connectivity index (χ2v) is 7.33. The molecular formula is C17H32N4O5. The fourth-order valence-corrected chi connectivity index (χ4v) is 2.41. The van der Waals surface area contributed by atoms with Gasteiger partial charge in [-0.2, -0.15) is 0 Å². The van der Waals surface area contributed by atoms with E-state index < -0.39 is 41.8 Å². The van der Waals surface area contributed by atoms with E-state index in [2.05, 4.69) is 10.6 Å². The van der Waals surface area contributed by atoms with Crippen molar-refractivity contribution >= 4 is 23.7 Å². The van der Waals surface area contributed by atoms with Gasteiger partial charge in [-0.05, 0) is 31.1 Å². The highest BCUT2D eigenvalue weighted by molar-refractivity contribution is 5.91. The topological polar surface area (TPSA) is 165 Å².